The van der Waals surface area contributed by atoms with Crippen molar-refractivity contribution in [2.24, 2.45) is 5.92 Å². The zero-order chi connectivity index (χ0) is 21.9. The number of nitrogens with zero attached hydrogens (tertiary/aromatic N) is 4. The largest absolute Gasteiger partial charge is 0.339 e. The molecule has 0 amide bonds. The molecule has 1 fully saturated rings. The summed E-state index contributed by atoms with van der Waals surface area (Å²) >= 11 is 0. The molecule has 1 aliphatic heterocycles. The Morgan fingerprint density at radius 3 is 2.31 bits per heavy atom. The summed E-state index contributed by atoms with van der Waals surface area (Å²) in [5, 5.41) is 3.39. The Hall–Kier alpha value is -3.25. The lowest BCUT2D eigenvalue weighted by Gasteiger charge is -2.35. The summed E-state index contributed by atoms with van der Waals surface area (Å²) in [6, 6.07) is 20.5. The van der Waals surface area contributed by atoms with Crippen LogP contribution >= 0.6 is 0 Å². The zero-order valence-electron chi connectivity index (χ0n) is 18.5. The van der Waals surface area contributed by atoms with Crippen LogP contribution in [0.1, 0.15) is 35.0 Å². The minimum absolute atomic E-state index is 0.136. The first-order valence-electron chi connectivity index (χ1n) is 11.4. The van der Waals surface area contributed by atoms with Gasteiger partial charge in [-0.25, -0.2) is 4.98 Å². The van der Waals surface area contributed by atoms with Gasteiger partial charge in [0, 0.05) is 44.8 Å². The lowest BCUT2D eigenvalue weighted by molar-refractivity contribution is 0.0952. The quantitative estimate of drug-likeness (QED) is 0.655. The number of nitrogens with one attached hydrogen (secondary N) is 1. The van der Waals surface area contributed by atoms with Gasteiger partial charge in [-0.05, 0) is 30.0 Å². The van der Waals surface area contributed by atoms with Crippen LogP contribution in [0.2, 0.25) is 0 Å². The molecule has 0 bridgehead atoms. The van der Waals surface area contributed by atoms with Crippen molar-refractivity contribution in [3.8, 4) is 0 Å². The second-order valence-electron chi connectivity index (χ2n) is 8.87. The van der Waals surface area contributed by atoms with E-state index in [-0.39, 0.29) is 5.78 Å². The molecule has 6 heteroatoms. The highest BCUT2D eigenvalue weighted by Gasteiger charge is 2.30. The average Bonchev–Trinajstić information content (AvgIpc) is 2.80. The number of carbonyl (C=O) groups excluding carboxylic acids is 1. The summed E-state index contributed by atoms with van der Waals surface area (Å²) < 4.78 is 0. The molecule has 32 heavy (non-hydrogen) atoms. The lowest BCUT2D eigenvalue weighted by Crippen LogP contribution is -2.46. The van der Waals surface area contributed by atoms with E-state index < -0.39 is 0 Å². The fraction of sp³-hybridized carbons (Fsp3) is 0.346. The van der Waals surface area contributed by atoms with Gasteiger partial charge in [0.1, 0.15) is 5.82 Å². The fourth-order valence-corrected chi connectivity index (χ4v) is 4.59. The number of carbonyl (C=O) groups is 1. The Bertz CT molecular complexity index is 1080. The number of benzene rings is 2. The van der Waals surface area contributed by atoms with E-state index in [1.807, 2.05) is 30.3 Å². The van der Waals surface area contributed by atoms with Crippen LogP contribution in [0.25, 0.3) is 0 Å². The van der Waals surface area contributed by atoms with Gasteiger partial charge < -0.3 is 10.2 Å². The number of fused-ring (bicyclic) bond motifs is 1. The highest BCUT2D eigenvalue weighted by molar-refractivity contribution is 6.03. The maximum absolute atomic E-state index is 12.9. The molecule has 1 N–H and O–H groups in total. The number of Topliss-reactive ketones (excluding diaryl/α,β-unsaturated/α-hetero) is 1. The summed E-state index contributed by atoms with van der Waals surface area (Å²) in [5.41, 5.74) is 3.81. The number of ketones is 1. The fourth-order valence-electron chi connectivity index (χ4n) is 4.59. The van der Waals surface area contributed by atoms with Gasteiger partial charge in [-0.15, -0.1) is 0 Å². The molecule has 1 unspecified atom stereocenters. The Labute approximate surface area is 189 Å². The van der Waals surface area contributed by atoms with Crippen LogP contribution in [0.4, 0.5) is 17.5 Å². The summed E-state index contributed by atoms with van der Waals surface area (Å²) in [6.45, 7) is 6.76. The van der Waals surface area contributed by atoms with Crippen LogP contribution in [-0.4, -0.2) is 46.8 Å². The minimum atomic E-state index is 0.136. The van der Waals surface area contributed by atoms with Crippen molar-refractivity contribution in [3.05, 3.63) is 77.5 Å². The van der Waals surface area contributed by atoms with E-state index in [2.05, 4.69) is 52.4 Å². The lowest BCUT2D eigenvalue weighted by atomic mass is 9.87. The van der Waals surface area contributed by atoms with Crippen molar-refractivity contribution in [2.75, 3.05) is 36.4 Å². The van der Waals surface area contributed by atoms with E-state index in [0.717, 1.165) is 56.5 Å². The number of para-hydroxylation sites is 1. The first kappa shape index (κ1) is 20.6. The van der Waals surface area contributed by atoms with E-state index in [0.29, 0.717) is 23.7 Å². The molecule has 1 saturated heterocycles. The predicted octanol–water partition coefficient (Wildman–Crippen LogP) is 4.31. The standard InChI is InChI=1S/C26H29N5O/c1-19-16-22-24(23(32)17-19)25(27-21-10-6-3-7-11-21)29-26(28-22)31-14-12-30(13-15-31)18-20-8-4-2-5-9-20/h2-11,19H,12-18H2,1H3,(H,27,28,29). The third kappa shape index (κ3) is 4.50. The number of hydrogen-bond donors (Lipinski definition) is 1. The van der Waals surface area contributed by atoms with Crippen molar-refractivity contribution in [1.29, 1.82) is 0 Å². The second-order valence-corrected chi connectivity index (χ2v) is 8.87. The number of hydrogen-bond acceptors (Lipinski definition) is 6. The number of anilines is 3. The van der Waals surface area contributed by atoms with Crippen LogP contribution in [0.15, 0.2) is 60.7 Å². The molecule has 2 aromatic carbocycles. The first-order valence-corrected chi connectivity index (χ1v) is 11.4. The summed E-state index contributed by atoms with van der Waals surface area (Å²) in [7, 11) is 0. The van der Waals surface area contributed by atoms with Crippen LogP contribution < -0.4 is 10.2 Å². The van der Waals surface area contributed by atoms with Gasteiger partial charge in [0.05, 0.1) is 11.3 Å². The molecule has 6 nitrogen and oxygen atoms in total. The third-order valence-corrected chi connectivity index (χ3v) is 6.27. The van der Waals surface area contributed by atoms with E-state index in [1.165, 1.54) is 5.56 Å². The molecule has 0 saturated carbocycles. The molecule has 164 valence electrons. The smallest absolute Gasteiger partial charge is 0.227 e. The predicted molar refractivity (Wildman–Crippen MR) is 128 cm³/mol. The SMILES string of the molecule is CC1CC(=O)c2c(nc(N3CCN(Cc4ccccc4)CC3)nc2Nc2ccccc2)C1. The molecule has 2 aliphatic rings. The molecule has 0 spiro atoms. The van der Waals surface area contributed by atoms with Crippen LogP contribution in [0.3, 0.4) is 0 Å². The molecular weight excluding hydrogens is 398 g/mol. The monoisotopic (exact) mass is 427 g/mol. The first-order chi connectivity index (χ1) is 15.7. The third-order valence-electron chi connectivity index (χ3n) is 6.27. The number of aromatic nitrogens is 2. The van der Waals surface area contributed by atoms with E-state index in [4.69, 9.17) is 9.97 Å². The second kappa shape index (κ2) is 9.09. The Morgan fingerprint density at radius 2 is 1.59 bits per heavy atom. The van der Waals surface area contributed by atoms with Crippen molar-refractivity contribution in [3.63, 3.8) is 0 Å². The summed E-state index contributed by atoms with van der Waals surface area (Å²) in [5.74, 6) is 1.81. The molecule has 1 aromatic heterocycles. The molecule has 3 aromatic rings. The molecular formula is C26H29N5O. The van der Waals surface area contributed by atoms with Crippen LogP contribution in [0, 0.1) is 5.92 Å². The van der Waals surface area contributed by atoms with Gasteiger partial charge in [0.15, 0.2) is 5.78 Å². The van der Waals surface area contributed by atoms with Crippen molar-refractivity contribution >= 4 is 23.2 Å². The van der Waals surface area contributed by atoms with Crippen molar-refractivity contribution in [1.82, 2.24) is 14.9 Å². The number of rotatable bonds is 5. The highest BCUT2D eigenvalue weighted by atomic mass is 16.1. The Balaban J connectivity index is 1.38. The molecule has 5 rings (SSSR count). The minimum Gasteiger partial charge on any atom is -0.339 e. The molecule has 1 aliphatic carbocycles. The van der Waals surface area contributed by atoms with E-state index in [9.17, 15) is 4.79 Å². The topological polar surface area (TPSA) is 61.4 Å². The van der Waals surface area contributed by atoms with Gasteiger partial charge in [0.2, 0.25) is 5.95 Å². The molecule has 1 atom stereocenters. The summed E-state index contributed by atoms with van der Waals surface area (Å²) in [4.78, 5) is 27.3. The Morgan fingerprint density at radius 1 is 0.906 bits per heavy atom. The highest BCUT2D eigenvalue weighted by Crippen LogP contribution is 2.32. The van der Waals surface area contributed by atoms with E-state index in [1.54, 1.807) is 0 Å². The normalized spacial score (nSPS) is 19.0. The maximum atomic E-state index is 12.9. The molecule has 0 radical (unpaired) electrons. The van der Waals surface area contributed by atoms with Crippen molar-refractivity contribution in [2.45, 2.75) is 26.3 Å². The van der Waals surface area contributed by atoms with Crippen LogP contribution in [-0.2, 0) is 13.0 Å². The maximum Gasteiger partial charge on any atom is 0.227 e. The Kier molecular flexibility index (Phi) is 5.86. The van der Waals surface area contributed by atoms with Gasteiger partial charge in [-0.1, -0.05) is 55.5 Å². The van der Waals surface area contributed by atoms with Gasteiger partial charge in [-0.2, -0.15) is 4.98 Å². The van der Waals surface area contributed by atoms with Gasteiger partial charge >= 0.3 is 0 Å². The molecule has 2 heterocycles. The summed E-state index contributed by atoms with van der Waals surface area (Å²) in [6.07, 6.45) is 1.37. The van der Waals surface area contributed by atoms with E-state index >= 15 is 0 Å². The zero-order valence-corrected chi connectivity index (χ0v) is 18.5. The van der Waals surface area contributed by atoms with Crippen LogP contribution in [0.5, 0.6) is 0 Å². The average molecular weight is 428 g/mol. The van der Waals surface area contributed by atoms with Gasteiger partial charge in [-0.3, -0.25) is 9.69 Å². The number of piperazine rings is 1. The van der Waals surface area contributed by atoms with Crippen molar-refractivity contribution < 1.29 is 4.79 Å². The van der Waals surface area contributed by atoms with Gasteiger partial charge in [0.25, 0.3) is 0 Å².